The van der Waals surface area contributed by atoms with E-state index >= 15 is 0 Å². The molecule has 3 amide bonds. The molecule has 0 aliphatic carbocycles. The number of carbonyl (C=O) groups excluding carboxylic acids is 3. The molecule has 7 heteroatoms. The van der Waals surface area contributed by atoms with Crippen molar-refractivity contribution in [3.8, 4) is 0 Å². The second kappa shape index (κ2) is 8.14. The van der Waals surface area contributed by atoms with Crippen LogP contribution >= 0.6 is 0 Å². The van der Waals surface area contributed by atoms with Crippen LogP contribution in [0.25, 0.3) is 0 Å². The maximum atomic E-state index is 12.9. The first-order chi connectivity index (χ1) is 14.1. The molecule has 150 valence electrons. The van der Waals surface area contributed by atoms with Crippen LogP contribution in [0.4, 0.5) is 0 Å². The van der Waals surface area contributed by atoms with Gasteiger partial charge in [-0.1, -0.05) is 36.4 Å². The average Bonchev–Trinajstić information content (AvgIpc) is 3.06. The largest absolute Gasteiger partial charge is 0.326 e. The Morgan fingerprint density at radius 3 is 2.52 bits per heavy atom. The minimum atomic E-state index is -0.588. The van der Waals surface area contributed by atoms with Crippen LogP contribution in [0.2, 0.25) is 0 Å². The molecule has 4 rings (SSSR count). The SMILES string of the molecule is NCc1ccc(CNCc2cccc3c2CN(C2CCC(=O)NC2=O)C3=O)cc1. The first-order valence-electron chi connectivity index (χ1n) is 9.81. The summed E-state index contributed by atoms with van der Waals surface area (Å²) in [6.07, 6.45) is 0.630. The van der Waals surface area contributed by atoms with Crippen molar-refractivity contribution in [3.05, 3.63) is 70.3 Å². The Balaban J connectivity index is 1.43. The second-order valence-electron chi connectivity index (χ2n) is 7.47. The van der Waals surface area contributed by atoms with Gasteiger partial charge < -0.3 is 16.0 Å². The number of nitrogens with zero attached hydrogens (tertiary/aromatic N) is 1. The first-order valence-corrected chi connectivity index (χ1v) is 9.81. The van der Waals surface area contributed by atoms with Crippen molar-refractivity contribution in [1.29, 1.82) is 0 Å². The molecule has 0 saturated carbocycles. The highest BCUT2D eigenvalue weighted by molar-refractivity contribution is 6.05. The molecule has 2 aromatic carbocycles. The van der Waals surface area contributed by atoms with Crippen molar-refractivity contribution in [2.24, 2.45) is 5.73 Å². The summed E-state index contributed by atoms with van der Waals surface area (Å²) in [4.78, 5) is 38.1. The molecule has 1 unspecified atom stereocenters. The summed E-state index contributed by atoms with van der Waals surface area (Å²) in [6.45, 7) is 2.25. The highest BCUT2D eigenvalue weighted by atomic mass is 16.2. The molecular weight excluding hydrogens is 368 g/mol. The Hall–Kier alpha value is -3.03. The Morgan fingerprint density at radius 1 is 1.03 bits per heavy atom. The normalized spacial score (nSPS) is 18.7. The molecular formula is C22H24N4O3. The van der Waals surface area contributed by atoms with E-state index in [2.05, 4.69) is 22.8 Å². The maximum Gasteiger partial charge on any atom is 0.255 e. The fourth-order valence-corrected chi connectivity index (χ4v) is 3.95. The topological polar surface area (TPSA) is 105 Å². The van der Waals surface area contributed by atoms with Crippen LogP contribution in [-0.2, 0) is 35.8 Å². The Kier molecular flexibility index (Phi) is 5.42. The predicted molar refractivity (Wildman–Crippen MR) is 107 cm³/mol. The Labute approximate surface area is 169 Å². The van der Waals surface area contributed by atoms with E-state index < -0.39 is 6.04 Å². The molecule has 1 saturated heterocycles. The van der Waals surface area contributed by atoms with Crippen LogP contribution in [0.5, 0.6) is 0 Å². The molecule has 2 aliphatic rings. The van der Waals surface area contributed by atoms with Crippen molar-refractivity contribution >= 4 is 17.7 Å². The van der Waals surface area contributed by atoms with Crippen LogP contribution in [-0.4, -0.2) is 28.7 Å². The number of hydrogen-bond acceptors (Lipinski definition) is 5. The van der Waals surface area contributed by atoms with E-state index in [9.17, 15) is 14.4 Å². The van der Waals surface area contributed by atoms with Crippen LogP contribution in [0.3, 0.4) is 0 Å². The summed E-state index contributed by atoms with van der Waals surface area (Å²) < 4.78 is 0. The quantitative estimate of drug-likeness (QED) is 0.641. The zero-order chi connectivity index (χ0) is 20.4. The molecule has 2 aromatic rings. The summed E-state index contributed by atoms with van der Waals surface area (Å²) in [7, 11) is 0. The Morgan fingerprint density at radius 2 is 1.79 bits per heavy atom. The molecule has 0 radical (unpaired) electrons. The van der Waals surface area contributed by atoms with Gasteiger partial charge in [0.15, 0.2) is 0 Å². The lowest BCUT2D eigenvalue weighted by molar-refractivity contribution is -0.136. The van der Waals surface area contributed by atoms with Gasteiger partial charge in [0.1, 0.15) is 6.04 Å². The molecule has 7 nitrogen and oxygen atoms in total. The highest BCUT2D eigenvalue weighted by Gasteiger charge is 2.39. The summed E-state index contributed by atoms with van der Waals surface area (Å²) in [6, 6.07) is 13.2. The number of carbonyl (C=O) groups is 3. The van der Waals surface area contributed by atoms with Gasteiger partial charge in [0.2, 0.25) is 11.8 Å². The van der Waals surface area contributed by atoms with Gasteiger partial charge in [-0.2, -0.15) is 0 Å². The van der Waals surface area contributed by atoms with Gasteiger partial charge in [-0.15, -0.1) is 0 Å². The van der Waals surface area contributed by atoms with Gasteiger partial charge in [0.05, 0.1) is 0 Å². The fourth-order valence-electron chi connectivity index (χ4n) is 3.95. The summed E-state index contributed by atoms with van der Waals surface area (Å²) in [5, 5.41) is 5.76. The summed E-state index contributed by atoms with van der Waals surface area (Å²) in [5.74, 6) is -0.809. The third-order valence-electron chi connectivity index (χ3n) is 5.58. The average molecular weight is 392 g/mol. The third-order valence-corrected chi connectivity index (χ3v) is 5.58. The minimum absolute atomic E-state index is 0.145. The number of piperidine rings is 1. The van der Waals surface area contributed by atoms with Crippen LogP contribution in [0, 0.1) is 0 Å². The maximum absolute atomic E-state index is 12.9. The van der Waals surface area contributed by atoms with Gasteiger partial charge >= 0.3 is 0 Å². The fraction of sp³-hybridized carbons (Fsp3) is 0.318. The number of benzene rings is 2. The van der Waals surface area contributed by atoms with E-state index in [1.807, 2.05) is 24.3 Å². The van der Waals surface area contributed by atoms with Gasteiger partial charge in [-0.25, -0.2) is 0 Å². The smallest absolute Gasteiger partial charge is 0.255 e. The van der Waals surface area contributed by atoms with Crippen LogP contribution in [0.15, 0.2) is 42.5 Å². The molecule has 2 aliphatic heterocycles. The number of nitrogens with one attached hydrogen (secondary N) is 2. The Bertz CT molecular complexity index is 955. The van der Waals surface area contributed by atoms with Crippen molar-refractivity contribution in [3.63, 3.8) is 0 Å². The lowest BCUT2D eigenvalue weighted by Crippen LogP contribution is -2.52. The van der Waals surface area contributed by atoms with Gasteiger partial charge in [-0.05, 0) is 34.7 Å². The molecule has 0 spiro atoms. The molecule has 2 heterocycles. The van der Waals surface area contributed by atoms with Crippen LogP contribution in [0.1, 0.15) is 45.5 Å². The molecule has 1 fully saturated rings. The first kappa shape index (κ1) is 19.3. The van der Waals surface area contributed by atoms with Crippen molar-refractivity contribution in [2.75, 3.05) is 0 Å². The standard InChI is InChI=1S/C22H24N4O3/c23-10-14-4-6-15(7-5-14)11-24-12-16-2-1-3-17-18(16)13-26(22(17)29)19-8-9-20(27)25-21(19)28/h1-7,19,24H,8-13,23H2,(H,25,27,28). The highest BCUT2D eigenvalue weighted by Crippen LogP contribution is 2.29. The number of amides is 3. The zero-order valence-electron chi connectivity index (χ0n) is 16.1. The predicted octanol–water partition coefficient (Wildman–Crippen LogP) is 1.20. The van der Waals surface area contributed by atoms with Crippen molar-refractivity contribution in [2.45, 2.75) is 45.1 Å². The molecule has 4 N–H and O–H groups in total. The van der Waals surface area contributed by atoms with Gasteiger partial charge in [0, 0.05) is 38.2 Å². The monoisotopic (exact) mass is 392 g/mol. The summed E-state index contributed by atoms with van der Waals surface area (Å²) in [5.41, 5.74) is 10.5. The van der Waals surface area contributed by atoms with Crippen molar-refractivity contribution in [1.82, 2.24) is 15.5 Å². The lowest BCUT2D eigenvalue weighted by atomic mass is 10.0. The minimum Gasteiger partial charge on any atom is -0.326 e. The second-order valence-corrected chi connectivity index (χ2v) is 7.47. The number of fused-ring (bicyclic) bond motifs is 1. The lowest BCUT2D eigenvalue weighted by Gasteiger charge is -2.29. The van der Waals surface area contributed by atoms with Gasteiger partial charge in [0.25, 0.3) is 5.91 Å². The van der Waals surface area contributed by atoms with E-state index in [1.165, 1.54) is 0 Å². The molecule has 1 atom stereocenters. The number of hydrogen-bond donors (Lipinski definition) is 3. The number of nitrogens with two attached hydrogens (primary N) is 1. The molecule has 0 bridgehead atoms. The van der Waals surface area contributed by atoms with E-state index in [4.69, 9.17) is 5.73 Å². The van der Waals surface area contributed by atoms with Crippen LogP contribution < -0.4 is 16.4 Å². The van der Waals surface area contributed by atoms with E-state index in [0.717, 1.165) is 22.3 Å². The van der Waals surface area contributed by atoms with Gasteiger partial charge in [-0.3, -0.25) is 19.7 Å². The van der Waals surface area contributed by atoms with E-state index in [-0.39, 0.29) is 24.1 Å². The zero-order valence-corrected chi connectivity index (χ0v) is 16.1. The number of imide groups is 1. The summed E-state index contributed by atoms with van der Waals surface area (Å²) >= 11 is 0. The number of rotatable bonds is 6. The molecule has 0 aromatic heterocycles. The van der Waals surface area contributed by atoms with Crippen molar-refractivity contribution < 1.29 is 14.4 Å². The van der Waals surface area contributed by atoms with E-state index in [1.54, 1.807) is 11.0 Å². The van der Waals surface area contributed by atoms with E-state index in [0.29, 0.717) is 38.2 Å². The third kappa shape index (κ3) is 3.92. The molecule has 29 heavy (non-hydrogen) atoms.